The predicted octanol–water partition coefficient (Wildman–Crippen LogP) is 2.54. The second kappa shape index (κ2) is 5.38. The van der Waals surface area contributed by atoms with E-state index in [0.29, 0.717) is 18.0 Å². The van der Waals surface area contributed by atoms with Crippen molar-refractivity contribution < 1.29 is 4.79 Å². The zero-order valence-corrected chi connectivity index (χ0v) is 13.4. The molecule has 2 N–H and O–H groups in total. The second-order valence-corrected chi connectivity index (χ2v) is 7.51. The van der Waals surface area contributed by atoms with Gasteiger partial charge in [0, 0.05) is 23.4 Å². The summed E-state index contributed by atoms with van der Waals surface area (Å²) in [5.41, 5.74) is 3.09. The molecule has 1 heterocycles. The molecule has 1 saturated carbocycles. The normalized spacial score (nSPS) is 36.7. The Bertz CT molecular complexity index is 585. The van der Waals surface area contributed by atoms with Crippen LogP contribution in [0, 0.1) is 5.92 Å². The number of aryl methyl sites for hydroxylation is 1. The number of amides is 1. The van der Waals surface area contributed by atoms with E-state index in [1.165, 1.54) is 30.4 Å². The SMILES string of the molecule is CC1CC(NC(=O)C2CC23CCCc2ccccc23)CCN1. The Kier molecular flexibility index (Phi) is 3.48. The highest BCUT2D eigenvalue weighted by Crippen LogP contribution is 2.60. The van der Waals surface area contributed by atoms with E-state index < -0.39 is 0 Å². The van der Waals surface area contributed by atoms with E-state index in [0.717, 1.165) is 25.8 Å². The molecule has 0 aromatic heterocycles. The minimum absolute atomic E-state index is 0.164. The fourth-order valence-corrected chi connectivity index (χ4v) is 4.74. The van der Waals surface area contributed by atoms with Crippen LogP contribution in [-0.2, 0) is 16.6 Å². The van der Waals surface area contributed by atoms with Crippen molar-refractivity contribution in [3.63, 3.8) is 0 Å². The van der Waals surface area contributed by atoms with E-state index >= 15 is 0 Å². The Hall–Kier alpha value is -1.35. The van der Waals surface area contributed by atoms with Gasteiger partial charge in [-0.2, -0.15) is 0 Å². The standard InChI is InChI=1S/C19H26N2O/c1-13-11-15(8-10-20-13)21-18(22)17-12-19(17)9-4-6-14-5-2-3-7-16(14)19/h2-3,5,7,13,15,17,20H,4,6,8-12H2,1H3,(H,21,22). The van der Waals surface area contributed by atoms with Gasteiger partial charge in [-0.1, -0.05) is 24.3 Å². The average Bonchev–Trinajstić information content (AvgIpc) is 3.23. The van der Waals surface area contributed by atoms with Crippen molar-refractivity contribution in [3.05, 3.63) is 35.4 Å². The number of hydrogen-bond donors (Lipinski definition) is 2. The molecule has 3 aliphatic rings. The minimum Gasteiger partial charge on any atom is -0.353 e. The molecule has 1 saturated heterocycles. The Balaban J connectivity index is 1.47. The van der Waals surface area contributed by atoms with Crippen LogP contribution < -0.4 is 10.6 Å². The second-order valence-electron chi connectivity index (χ2n) is 7.51. The van der Waals surface area contributed by atoms with E-state index in [1.807, 2.05) is 0 Å². The lowest BCUT2D eigenvalue weighted by Crippen LogP contribution is -2.47. The molecule has 22 heavy (non-hydrogen) atoms. The van der Waals surface area contributed by atoms with Crippen LogP contribution in [0.5, 0.6) is 0 Å². The molecule has 2 fully saturated rings. The van der Waals surface area contributed by atoms with Gasteiger partial charge in [-0.15, -0.1) is 0 Å². The summed E-state index contributed by atoms with van der Waals surface area (Å²) >= 11 is 0. The molecule has 4 rings (SSSR count). The molecular formula is C19H26N2O. The Labute approximate surface area is 132 Å². The summed E-state index contributed by atoms with van der Waals surface area (Å²) < 4.78 is 0. The predicted molar refractivity (Wildman–Crippen MR) is 87.8 cm³/mol. The van der Waals surface area contributed by atoms with Crippen LogP contribution in [-0.4, -0.2) is 24.5 Å². The van der Waals surface area contributed by atoms with Crippen LogP contribution in [0.4, 0.5) is 0 Å². The van der Waals surface area contributed by atoms with Gasteiger partial charge in [0.25, 0.3) is 0 Å². The average molecular weight is 298 g/mol. The first-order valence-electron chi connectivity index (χ1n) is 8.81. The van der Waals surface area contributed by atoms with E-state index in [9.17, 15) is 4.79 Å². The molecule has 1 aromatic carbocycles. The Morgan fingerprint density at radius 3 is 3.09 bits per heavy atom. The summed E-state index contributed by atoms with van der Waals surface area (Å²) in [5, 5.41) is 6.78. The van der Waals surface area contributed by atoms with Gasteiger partial charge in [-0.05, 0) is 63.1 Å². The maximum Gasteiger partial charge on any atom is 0.224 e. The first-order valence-corrected chi connectivity index (χ1v) is 8.81. The van der Waals surface area contributed by atoms with Crippen molar-refractivity contribution >= 4 is 5.91 Å². The van der Waals surface area contributed by atoms with Crippen LogP contribution in [0.25, 0.3) is 0 Å². The van der Waals surface area contributed by atoms with E-state index in [1.54, 1.807) is 0 Å². The van der Waals surface area contributed by atoms with Crippen molar-refractivity contribution in [2.45, 2.75) is 62.9 Å². The van der Waals surface area contributed by atoms with Gasteiger partial charge in [0.2, 0.25) is 5.91 Å². The lowest BCUT2D eigenvalue weighted by molar-refractivity contribution is -0.123. The number of piperidine rings is 1. The van der Waals surface area contributed by atoms with Crippen LogP contribution in [0.1, 0.15) is 50.2 Å². The van der Waals surface area contributed by atoms with E-state index in [-0.39, 0.29) is 11.3 Å². The fraction of sp³-hybridized carbons (Fsp3) is 0.632. The molecule has 4 unspecified atom stereocenters. The van der Waals surface area contributed by atoms with Crippen molar-refractivity contribution in [1.82, 2.24) is 10.6 Å². The minimum atomic E-state index is 0.164. The van der Waals surface area contributed by atoms with Crippen LogP contribution in [0.15, 0.2) is 24.3 Å². The molecule has 2 aliphatic carbocycles. The lowest BCUT2D eigenvalue weighted by atomic mass is 9.78. The summed E-state index contributed by atoms with van der Waals surface area (Å²) in [7, 11) is 0. The van der Waals surface area contributed by atoms with E-state index in [2.05, 4.69) is 41.8 Å². The number of rotatable bonds is 2. The highest BCUT2D eigenvalue weighted by Gasteiger charge is 2.60. The Morgan fingerprint density at radius 1 is 1.36 bits per heavy atom. The maximum absolute atomic E-state index is 12.7. The molecular weight excluding hydrogens is 272 g/mol. The number of benzene rings is 1. The van der Waals surface area contributed by atoms with Crippen LogP contribution in [0.3, 0.4) is 0 Å². The zero-order valence-electron chi connectivity index (χ0n) is 13.4. The monoisotopic (exact) mass is 298 g/mol. The molecule has 0 radical (unpaired) electrons. The fourth-order valence-electron chi connectivity index (χ4n) is 4.74. The first-order chi connectivity index (χ1) is 10.7. The van der Waals surface area contributed by atoms with Crippen molar-refractivity contribution in [2.24, 2.45) is 5.92 Å². The van der Waals surface area contributed by atoms with Gasteiger partial charge < -0.3 is 10.6 Å². The molecule has 3 nitrogen and oxygen atoms in total. The third kappa shape index (κ3) is 2.36. The number of fused-ring (bicyclic) bond motifs is 2. The van der Waals surface area contributed by atoms with Crippen molar-refractivity contribution in [2.75, 3.05) is 6.54 Å². The van der Waals surface area contributed by atoms with Gasteiger partial charge in [0.05, 0.1) is 0 Å². The van der Waals surface area contributed by atoms with Gasteiger partial charge in [-0.3, -0.25) is 4.79 Å². The summed E-state index contributed by atoms with van der Waals surface area (Å²) in [6, 6.07) is 9.65. The third-order valence-electron chi connectivity index (χ3n) is 5.98. The maximum atomic E-state index is 12.7. The first kappa shape index (κ1) is 14.3. The third-order valence-corrected chi connectivity index (χ3v) is 5.98. The smallest absolute Gasteiger partial charge is 0.224 e. The number of nitrogens with one attached hydrogen (secondary N) is 2. The van der Waals surface area contributed by atoms with Gasteiger partial charge in [0.1, 0.15) is 0 Å². The molecule has 1 amide bonds. The van der Waals surface area contributed by atoms with Crippen molar-refractivity contribution in [1.29, 1.82) is 0 Å². The summed E-state index contributed by atoms with van der Waals surface area (Å²) in [6.07, 6.45) is 6.76. The lowest BCUT2D eigenvalue weighted by Gasteiger charge is -2.30. The van der Waals surface area contributed by atoms with Crippen LogP contribution >= 0.6 is 0 Å². The molecule has 118 valence electrons. The number of carbonyl (C=O) groups excluding carboxylic acids is 1. The van der Waals surface area contributed by atoms with Crippen LogP contribution in [0.2, 0.25) is 0 Å². The quantitative estimate of drug-likeness (QED) is 0.881. The molecule has 0 bridgehead atoms. The van der Waals surface area contributed by atoms with Crippen molar-refractivity contribution in [3.8, 4) is 0 Å². The van der Waals surface area contributed by atoms with E-state index in [4.69, 9.17) is 0 Å². The zero-order chi connectivity index (χ0) is 15.2. The number of hydrogen-bond acceptors (Lipinski definition) is 2. The van der Waals surface area contributed by atoms with Gasteiger partial charge in [0.15, 0.2) is 0 Å². The Morgan fingerprint density at radius 2 is 2.23 bits per heavy atom. The highest BCUT2D eigenvalue weighted by molar-refractivity contribution is 5.85. The number of carbonyl (C=O) groups is 1. The van der Waals surface area contributed by atoms with Gasteiger partial charge >= 0.3 is 0 Å². The molecule has 3 heteroatoms. The molecule has 1 spiro atoms. The molecule has 1 aromatic rings. The largest absolute Gasteiger partial charge is 0.353 e. The topological polar surface area (TPSA) is 41.1 Å². The van der Waals surface area contributed by atoms with Gasteiger partial charge in [-0.25, -0.2) is 0 Å². The summed E-state index contributed by atoms with van der Waals surface area (Å²) in [5.74, 6) is 0.509. The summed E-state index contributed by atoms with van der Waals surface area (Å²) in [6.45, 7) is 3.22. The highest BCUT2D eigenvalue weighted by atomic mass is 16.2. The summed E-state index contributed by atoms with van der Waals surface area (Å²) in [4.78, 5) is 12.7. The molecule has 4 atom stereocenters. The molecule has 1 aliphatic heterocycles.